The number of nitrogens with one attached hydrogen (secondary N) is 1. The molecule has 3 N–H and O–H groups in total. The van der Waals surface area contributed by atoms with Gasteiger partial charge in [0, 0.05) is 28.4 Å². The summed E-state index contributed by atoms with van der Waals surface area (Å²) in [6.45, 7) is 0.232. The highest BCUT2D eigenvalue weighted by molar-refractivity contribution is 6.35. The fraction of sp³-hybridized carbons (Fsp3) is 0.200. The summed E-state index contributed by atoms with van der Waals surface area (Å²) in [5, 5.41) is 23.0. The van der Waals surface area contributed by atoms with Crippen molar-refractivity contribution in [2.45, 2.75) is 13.2 Å². The lowest BCUT2D eigenvalue weighted by molar-refractivity contribution is 0.274. The highest BCUT2D eigenvalue weighted by Crippen LogP contribution is 2.32. The average molecular weight is 328 g/mol. The molecule has 2 aromatic carbocycles. The van der Waals surface area contributed by atoms with Crippen molar-refractivity contribution < 1.29 is 14.9 Å². The van der Waals surface area contributed by atoms with E-state index in [2.05, 4.69) is 5.32 Å². The van der Waals surface area contributed by atoms with Crippen LogP contribution in [0.1, 0.15) is 11.1 Å². The largest absolute Gasteiger partial charge is 0.506 e. The second kappa shape index (κ2) is 6.89. The predicted molar refractivity (Wildman–Crippen MR) is 84.4 cm³/mol. The van der Waals surface area contributed by atoms with Crippen molar-refractivity contribution in [3.05, 3.63) is 51.5 Å². The van der Waals surface area contributed by atoms with E-state index >= 15 is 0 Å². The lowest BCUT2D eigenvalue weighted by Gasteiger charge is -2.12. The van der Waals surface area contributed by atoms with Gasteiger partial charge in [-0.05, 0) is 30.3 Å². The SMILES string of the molecule is COc1ccc(NCc2cc(Cl)cc(Cl)c2O)cc1CO. The Morgan fingerprint density at radius 3 is 2.57 bits per heavy atom. The number of hydrogen-bond donors (Lipinski definition) is 3. The maximum atomic E-state index is 9.89. The van der Waals surface area contributed by atoms with Crippen molar-refractivity contribution >= 4 is 28.9 Å². The van der Waals surface area contributed by atoms with Crippen molar-refractivity contribution in [1.29, 1.82) is 0 Å². The van der Waals surface area contributed by atoms with Gasteiger partial charge in [0.05, 0.1) is 18.7 Å². The zero-order chi connectivity index (χ0) is 15.4. The second-order valence-electron chi connectivity index (χ2n) is 4.43. The first-order valence-electron chi connectivity index (χ1n) is 6.23. The molecule has 21 heavy (non-hydrogen) atoms. The fourth-order valence-electron chi connectivity index (χ4n) is 1.96. The van der Waals surface area contributed by atoms with Gasteiger partial charge in [-0.2, -0.15) is 0 Å². The van der Waals surface area contributed by atoms with Crippen LogP contribution in [0.5, 0.6) is 11.5 Å². The van der Waals surface area contributed by atoms with E-state index in [-0.39, 0.29) is 17.4 Å². The van der Waals surface area contributed by atoms with Crippen LogP contribution in [-0.4, -0.2) is 17.3 Å². The Balaban J connectivity index is 2.17. The molecule has 0 fully saturated rings. The number of methoxy groups -OCH3 is 1. The number of phenolic OH excluding ortho intramolecular Hbond substituents is 1. The lowest BCUT2D eigenvalue weighted by Crippen LogP contribution is -2.01. The quantitative estimate of drug-likeness (QED) is 0.781. The van der Waals surface area contributed by atoms with Crippen molar-refractivity contribution in [3.8, 4) is 11.5 Å². The van der Waals surface area contributed by atoms with Gasteiger partial charge in [-0.25, -0.2) is 0 Å². The van der Waals surface area contributed by atoms with Gasteiger partial charge < -0.3 is 20.3 Å². The van der Waals surface area contributed by atoms with Crippen LogP contribution >= 0.6 is 23.2 Å². The molecule has 112 valence electrons. The minimum Gasteiger partial charge on any atom is -0.506 e. The summed E-state index contributed by atoms with van der Waals surface area (Å²) in [5.41, 5.74) is 2.06. The molecule has 0 aliphatic heterocycles. The van der Waals surface area contributed by atoms with Crippen LogP contribution in [0.25, 0.3) is 0 Å². The predicted octanol–water partition coefficient (Wildman–Crippen LogP) is 3.81. The molecule has 0 amide bonds. The van der Waals surface area contributed by atoms with Gasteiger partial charge in [-0.15, -0.1) is 0 Å². The van der Waals surface area contributed by atoms with E-state index < -0.39 is 0 Å². The van der Waals surface area contributed by atoms with E-state index in [0.717, 1.165) is 5.69 Å². The van der Waals surface area contributed by atoms with Gasteiger partial charge in [-0.1, -0.05) is 23.2 Å². The van der Waals surface area contributed by atoms with E-state index in [1.165, 1.54) is 6.07 Å². The summed E-state index contributed by atoms with van der Waals surface area (Å²) in [6.07, 6.45) is 0. The van der Waals surface area contributed by atoms with Crippen LogP contribution in [-0.2, 0) is 13.2 Å². The molecule has 0 radical (unpaired) electrons. The summed E-state index contributed by atoms with van der Waals surface area (Å²) in [5.74, 6) is 0.626. The van der Waals surface area contributed by atoms with Crippen molar-refractivity contribution in [1.82, 2.24) is 0 Å². The number of rotatable bonds is 5. The summed E-state index contributed by atoms with van der Waals surface area (Å²) in [6, 6.07) is 8.49. The molecule has 0 aliphatic carbocycles. The van der Waals surface area contributed by atoms with E-state index in [1.54, 1.807) is 25.3 Å². The number of anilines is 1. The van der Waals surface area contributed by atoms with Crippen LogP contribution < -0.4 is 10.1 Å². The average Bonchev–Trinajstić information content (AvgIpc) is 2.49. The summed E-state index contributed by atoms with van der Waals surface area (Å²) in [7, 11) is 1.55. The topological polar surface area (TPSA) is 61.7 Å². The molecule has 0 saturated carbocycles. The van der Waals surface area contributed by atoms with E-state index in [4.69, 9.17) is 27.9 Å². The van der Waals surface area contributed by atoms with Crippen LogP contribution in [0, 0.1) is 0 Å². The summed E-state index contributed by atoms with van der Waals surface area (Å²) < 4.78 is 5.14. The summed E-state index contributed by atoms with van der Waals surface area (Å²) >= 11 is 11.8. The molecular weight excluding hydrogens is 313 g/mol. The Morgan fingerprint density at radius 1 is 1.14 bits per heavy atom. The Labute approximate surface area is 132 Å². The molecule has 6 heteroatoms. The minimum atomic E-state index is -0.118. The standard InChI is InChI=1S/C15H15Cl2NO3/c1-21-14-3-2-12(5-10(14)8-19)18-7-9-4-11(16)6-13(17)15(9)20/h2-6,18-20H,7-8H2,1H3. The van der Waals surface area contributed by atoms with Crippen LogP contribution in [0.15, 0.2) is 30.3 Å². The smallest absolute Gasteiger partial charge is 0.139 e. The third-order valence-electron chi connectivity index (χ3n) is 3.04. The molecule has 0 bridgehead atoms. The van der Waals surface area contributed by atoms with Gasteiger partial charge >= 0.3 is 0 Å². The van der Waals surface area contributed by atoms with Gasteiger partial charge in [0.2, 0.25) is 0 Å². The van der Waals surface area contributed by atoms with Gasteiger partial charge in [0.15, 0.2) is 0 Å². The van der Waals surface area contributed by atoms with E-state index in [9.17, 15) is 10.2 Å². The van der Waals surface area contributed by atoms with Crippen LogP contribution in [0.4, 0.5) is 5.69 Å². The monoisotopic (exact) mass is 327 g/mol. The normalized spacial score (nSPS) is 10.5. The number of ether oxygens (including phenoxy) is 1. The zero-order valence-electron chi connectivity index (χ0n) is 11.4. The molecule has 0 unspecified atom stereocenters. The highest BCUT2D eigenvalue weighted by Gasteiger charge is 2.09. The molecule has 2 rings (SSSR count). The van der Waals surface area contributed by atoms with Gasteiger partial charge in [-0.3, -0.25) is 0 Å². The maximum absolute atomic E-state index is 9.89. The molecule has 0 atom stereocenters. The number of aliphatic hydroxyl groups excluding tert-OH is 1. The second-order valence-corrected chi connectivity index (χ2v) is 5.28. The molecule has 0 aromatic heterocycles. The number of aromatic hydroxyl groups is 1. The third-order valence-corrected chi connectivity index (χ3v) is 3.55. The number of benzene rings is 2. The first kappa shape index (κ1) is 15.8. The molecular formula is C15H15Cl2NO3. The molecule has 0 saturated heterocycles. The number of phenols is 1. The fourth-order valence-corrected chi connectivity index (χ4v) is 2.50. The Bertz CT molecular complexity index is 647. The van der Waals surface area contributed by atoms with Crippen molar-refractivity contribution in [2.75, 3.05) is 12.4 Å². The number of hydrogen-bond acceptors (Lipinski definition) is 4. The molecule has 0 spiro atoms. The maximum Gasteiger partial charge on any atom is 0.139 e. The van der Waals surface area contributed by atoms with Crippen LogP contribution in [0.2, 0.25) is 10.0 Å². The number of aliphatic hydroxyl groups is 1. The Kier molecular flexibility index (Phi) is 5.17. The number of halogens is 2. The minimum absolute atomic E-state index is 0.00413. The van der Waals surface area contributed by atoms with Gasteiger partial charge in [0.25, 0.3) is 0 Å². The molecule has 4 nitrogen and oxygen atoms in total. The zero-order valence-corrected chi connectivity index (χ0v) is 12.9. The van der Waals surface area contributed by atoms with Crippen molar-refractivity contribution in [3.63, 3.8) is 0 Å². The van der Waals surface area contributed by atoms with Gasteiger partial charge in [0.1, 0.15) is 11.5 Å². The van der Waals surface area contributed by atoms with Crippen molar-refractivity contribution in [2.24, 2.45) is 0 Å². The first-order valence-corrected chi connectivity index (χ1v) is 6.99. The highest BCUT2D eigenvalue weighted by atomic mass is 35.5. The molecule has 2 aromatic rings. The molecule has 0 aliphatic rings. The summed E-state index contributed by atoms with van der Waals surface area (Å²) in [4.78, 5) is 0. The van der Waals surface area contributed by atoms with E-state index in [0.29, 0.717) is 28.4 Å². The Morgan fingerprint density at radius 2 is 1.90 bits per heavy atom. The Hall–Kier alpha value is -1.62. The third kappa shape index (κ3) is 3.73. The van der Waals surface area contributed by atoms with E-state index in [1.807, 2.05) is 6.07 Å². The molecule has 0 heterocycles. The lowest BCUT2D eigenvalue weighted by atomic mass is 10.1. The van der Waals surface area contributed by atoms with Crippen LogP contribution in [0.3, 0.4) is 0 Å². The first-order chi connectivity index (χ1) is 10.0.